The van der Waals surface area contributed by atoms with Gasteiger partial charge in [0, 0.05) is 6.04 Å². The van der Waals surface area contributed by atoms with Gasteiger partial charge in [0.05, 0.1) is 15.7 Å². The highest BCUT2D eigenvalue weighted by atomic mass is 35.5. The Morgan fingerprint density at radius 2 is 1.82 bits per heavy atom. The molecular weight excluding hydrogens is 329 g/mol. The van der Waals surface area contributed by atoms with E-state index >= 15 is 0 Å². The van der Waals surface area contributed by atoms with Crippen molar-refractivity contribution in [3.8, 4) is 0 Å². The van der Waals surface area contributed by atoms with Crippen molar-refractivity contribution in [3.63, 3.8) is 0 Å². The summed E-state index contributed by atoms with van der Waals surface area (Å²) in [7, 11) is 0. The van der Waals surface area contributed by atoms with Gasteiger partial charge in [-0.1, -0.05) is 23.2 Å². The Morgan fingerprint density at radius 1 is 1.18 bits per heavy atom. The highest BCUT2D eigenvalue weighted by Gasteiger charge is 2.45. The van der Waals surface area contributed by atoms with Gasteiger partial charge in [0.2, 0.25) is 11.9 Å². The topological polar surface area (TPSA) is 100 Å². The minimum atomic E-state index is -0.978. The average Bonchev–Trinajstić information content (AvgIpc) is 2.63. The number of hydrogen-bond donors (Lipinski definition) is 3. The third kappa shape index (κ3) is 2.77. The van der Waals surface area contributed by atoms with Gasteiger partial charge in [-0.05, 0) is 32.0 Å². The standard InChI is InChI=1S/C13H13Cl2N5O2/c1-6(2)18-12(16)20-11(22)10(21)19(13(20)17)7-3-4-8(14)9(15)5-7/h3-6,17H,1-2H3,(H2,16,18). The summed E-state index contributed by atoms with van der Waals surface area (Å²) in [4.78, 5) is 25.7. The lowest BCUT2D eigenvalue weighted by molar-refractivity contribution is -0.137. The minimum Gasteiger partial charge on any atom is -0.354 e. The second-order valence-electron chi connectivity index (χ2n) is 4.85. The molecule has 1 fully saturated rings. The molecule has 2 rings (SSSR count). The van der Waals surface area contributed by atoms with E-state index in [4.69, 9.17) is 34.0 Å². The fourth-order valence-corrected chi connectivity index (χ4v) is 2.19. The molecule has 0 bridgehead atoms. The number of anilines is 1. The van der Waals surface area contributed by atoms with Crippen LogP contribution in [0, 0.1) is 10.8 Å². The molecule has 1 saturated heterocycles. The second-order valence-corrected chi connectivity index (χ2v) is 5.67. The lowest BCUT2D eigenvalue weighted by Gasteiger charge is -2.21. The first-order valence-corrected chi connectivity index (χ1v) is 7.07. The number of carbonyl (C=O) groups excluding carboxylic acids is 2. The van der Waals surface area contributed by atoms with E-state index < -0.39 is 17.8 Å². The molecule has 0 saturated carbocycles. The van der Waals surface area contributed by atoms with Crippen LogP contribution in [0.3, 0.4) is 0 Å². The maximum absolute atomic E-state index is 12.1. The van der Waals surface area contributed by atoms with E-state index in [0.717, 1.165) is 4.90 Å². The predicted octanol–water partition coefficient (Wildman–Crippen LogP) is 2.04. The molecule has 2 amide bonds. The molecule has 1 aromatic rings. The summed E-state index contributed by atoms with van der Waals surface area (Å²) in [5.41, 5.74) is 0.234. The number of halogens is 2. The Morgan fingerprint density at radius 3 is 2.36 bits per heavy atom. The summed E-state index contributed by atoms with van der Waals surface area (Å²) in [6, 6.07) is 4.19. The first-order chi connectivity index (χ1) is 10.2. The molecule has 116 valence electrons. The average molecular weight is 342 g/mol. The molecular formula is C13H13Cl2N5O2. The summed E-state index contributed by atoms with van der Waals surface area (Å²) < 4.78 is 0. The molecule has 0 spiro atoms. The van der Waals surface area contributed by atoms with Crippen molar-refractivity contribution < 1.29 is 9.59 Å². The van der Waals surface area contributed by atoms with E-state index in [1.807, 2.05) is 0 Å². The van der Waals surface area contributed by atoms with Crippen LogP contribution in [0.15, 0.2) is 18.2 Å². The highest BCUT2D eigenvalue weighted by molar-refractivity contribution is 6.56. The minimum absolute atomic E-state index is 0.123. The van der Waals surface area contributed by atoms with Crippen LogP contribution >= 0.6 is 23.2 Å². The molecule has 7 nitrogen and oxygen atoms in total. The molecule has 9 heteroatoms. The van der Waals surface area contributed by atoms with Crippen molar-refractivity contribution in [2.24, 2.45) is 0 Å². The Kier molecular flexibility index (Phi) is 4.39. The fourth-order valence-electron chi connectivity index (χ4n) is 1.89. The van der Waals surface area contributed by atoms with Crippen LogP contribution in [-0.4, -0.2) is 34.7 Å². The van der Waals surface area contributed by atoms with Crippen LogP contribution in [0.25, 0.3) is 0 Å². The third-order valence-corrected chi connectivity index (χ3v) is 3.56. The molecule has 0 aromatic heterocycles. The number of nitrogens with one attached hydrogen (secondary N) is 3. The van der Waals surface area contributed by atoms with Gasteiger partial charge < -0.3 is 5.32 Å². The van der Waals surface area contributed by atoms with Gasteiger partial charge in [0.1, 0.15) is 0 Å². The number of carbonyl (C=O) groups is 2. The van der Waals surface area contributed by atoms with Gasteiger partial charge in [-0.25, -0.2) is 9.80 Å². The van der Waals surface area contributed by atoms with Gasteiger partial charge >= 0.3 is 11.8 Å². The maximum atomic E-state index is 12.1. The molecule has 1 heterocycles. The lowest BCUT2D eigenvalue weighted by Crippen LogP contribution is -2.47. The van der Waals surface area contributed by atoms with Crippen LogP contribution in [0.1, 0.15) is 13.8 Å². The van der Waals surface area contributed by atoms with Crippen LogP contribution in [0.4, 0.5) is 5.69 Å². The van der Waals surface area contributed by atoms with Crippen molar-refractivity contribution in [2.75, 3.05) is 4.90 Å². The van der Waals surface area contributed by atoms with E-state index in [9.17, 15) is 9.59 Å². The van der Waals surface area contributed by atoms with Crippen LogP contribution in [-0.2, 0) is 9.59 Å². The zero-order chi connectivity index (χ0) is 16.6. The summed E-state index contributed by atoms with van der Waals surface area (Å²) in [6.45, 7) is 3.55. The molecule has 0 unspecified atom stereocenters. The maximum Gasteiger partial charge on any atom is 0.326 e. The molecule has 22 heavy (non-hydrogen) atoms. The van der Waals surface area contributed by atoms with Crippen LogP contribution < -0.4 is 10.2 Å². The molecule has 1 aromatic carbocycles. The Hall–Kier alpha value is -2.12. The van der Waals surface area contributed by atoms with Gasteiger partial charge in [0.25, 0.3) is 0 Å². The van der Waals surface area contributed by atoms with E-state index in [0.29, 0.717) is 9.92 Å². The summed E-state index contributed by atoms with van der Waals surface area (Å²) in [5.74, 6) is -2.68. The number of guanidine groups is 2. The molecule has 3 N–H and O–H groups in total. The largest absolute Gasteiger partial charge is 0.354 e. The van der Waals surface area contributed by atoms with Gasteiger partial charge in [0.15, 0.2) is 0 Å². The fraction of sp³-hybridized carbons (Fsp3) is 0.231. The van der Waals surface area contributed by atoms with E-state index in [2.05, 4.69) is 5.32 Å². The number of rotatable bonds is 2. The number of hydrogen-bond acceptors (Lipinski definition) is 4. The van der Waals surface area contributed by atoms with Crippen LogP contribution in [0.5, 0.6) is 0 Å². The normalized spacial score (nSPS) is 15.0. The smallest absolute Gasteiger partial charge is 0.326 e. The van der Waals surface area contributed by atoms with Crippen molar-refractivity contribution in [3.05, 3.63) is 28.2 Å². The monoisotopic (exact) mass is 341 g/mol. The SMILES string of the molecule is CC(C)NC(=N)N1C(=N)N(c2ccc(Cl)c(Cl)c2)C(=O)C1=O. The van der Waals surface area contributed by atoms with Gasteiger partial charge in [-0.2, -0.15) is 0 Å². The van der Waals surface area contributed by atoms with Gasteiger partial charge in [-0.3, -0.25) is 20.4 Å². The summed E-state index contributed by atoms with van der Waals surface area (Å²) in [6.07, 6.45) is 0. The lowest BCUT2D eigenvalue weighted by atomic mass is 10.3. The zero-order valence-electron chi connectivity index (χ0n) is 11.8. The first-order valence-electron chi connectivity index (χ1n) is 6.31. The zero-order valence-corrected chi connectivity index (χ0v) is 13.3. The number of benzene rings is 1. The quantitative estimate of drug-likeness (QED) is 0.435. The molecule has 1 aliphatic heterocycles. The number of amides is 2. The Labute approximate surface area is 136 Å². The van der Waals surface area contributed by atoms with Crippen molar-refractivity contribution in [2.45, 2.75) is 19.9 Å². The highest BCUT2D eigenvalue weighted by Crippen LogP contribution is 2.29. The van der Waals surface area contributed by atoms with Crippen LogP contribution in [0.2, 0.25) is 10.0 Å². The van der Waals surface area contributed by atoms with Crippen molar-refractivity contribution in [1.29, 1.82) is 10.8 Å². The molecule has 1 aliphatic rings. The molecule has 0 aliphatic carbocycles. The summed E-state index contributed by atoms with van der Waals surface area (Å²) in [5, 5.41) is 19.0. The second kappa shape index (κ2) is 5.94. The Balaban J connectivity index is 2.37. The van der Waals surface area contributed by atoms with Crippen molar-refractivity contribution >= 4 is 52.6 Å². The van der Waals surface area contributed by atoms with Crippen molar-refractivity contribution in [1.82, 2.24) is 10.2 Å². The predicted molar refractivity (Wildman–Crippen MR) is 84.5 cm³/mol. The number of nitrogens with zero attached hydrogens (tertiary/aromatic N) is 2. The molecule has 0 radical (unpaired) electrons. The first kappa shape index (κ1) is 16.3. The third-order valence-electron chi connectivity index (χ3n) is 2.82. The summed E-state index contributed by atoms with van der Waals surface area (Å²) >= 11 is 11.7. The van der Waals surface area contributed by atoms with E-state index in [1.54, 1.807) is 13.8 Å². The van der Waals surface area contributed by atoms with E-state index in [1.165, 1.54) is 18.2 Å². The Bertz CT molecular complexity index is 689. The van der Waals surface area contributed by atoms with Gasteiger partial charge in [-0.15, -0.1) is 0 Å². The van der Waals surface area contributed by atoms with E-state index in [-0.39, 0.29) is 22.7 Å². The molecule has 0 atom stereocenters.